The Morgan fingerprint density at radius 1 is 1.25 bits per heavy atom. The third kappa shape index (κ3) is 1.88. The first-order valence-electron chi connectivity index (χ1n) is 4.72. The van der Waals surface area contributed by atoms with Gasteiger partial charge < -0.3 is 10.1 Å². The van der Waals surface area contributed by atoms with Gasteiger partial charge in [0.25, 0.3) is 0 Å². The maximum absolute atomic E-state index is 12.2. The molecule has 0 spiro atoms. The fourth-order valence-corrected chi connectivity index (χ4v) is 1.58. The van der Waals surface area contributed by atoms with E-state index in [0.29, 0.717) is 11.2 Å². The summed E-state index contributed by atoms with van der Waals surface area (Å²) in [5.74, 6) is 0.795. The second-order valence-electron chi connectivity index (χ2n) is 3.14. The van der Waals surface area contributed by atoms with E-state index in [1.54, 1.807) is 31.4 Å². The molecule has 0 saturated carbocycles. The molecule has 0 aliphatic carbocycles. The predicted octanol–water partition coefficient (Wildman–Crippen LogP) is 2.88. The van der Waals surface area contributed by atoms with Gasteiger partial charge in [-0.3, -0.25) is 0 Å². The van der Waals surface area contributed by atoms with Gasteiger partial charge in [0.05, 0.1) is 0 Å². The summed E-state index contributed by atoms with van der Waals surface area (Å²) in [6, 6.07) is 6.61. The Morgan fingerprint density at radius 3 is 2.75 bits per heavy atom. The van der Waals surface area contributed by atoms with Gasteiger partial charge >= 0.3 is 6.61 Å². The molecule has 0 aliphatic rings. The summed E-state index contributed by atoms with van der Waals surface area (Å²) in [7, 11) is 1.72. The molecule has 5 heteroatoms. The van der Waals surface area contributed by atoms with Gasteiger partial charge in [-0.2, -0.15) is 8.78 Å². The zero-order chi connectivity index (χ0) is 11.5. The van der Waals surface area contributed by atoms with E-state index in [2.05, 4.69) is 15.0 Å². The van der Waals surface area contributed by atoms with Crippen molar-refractivity contribution in [1.29, 1.82) is 0 Å². The van der Waals surface area contributed by atoms with Crippen LogP contribution in [0.2, 0.25) is 0 Å². The quantitative estimate of drug-likeness (QED) is 0.870. The maximum Gasteiger partial charge on any atom is 0.387 e. The van der Waals surface area contributed by atoms with E-state index < -0.39 is 6.61 Å². The van der Waals surface area contributed by atoms with Crippen LogP contribution in [0.1, 0.15) is 0 Å². The van der Waals surface area contributed by atoms with Crippen LogP contribution in [-0.4, -0.2) is 18.6 Å². The summed E-state index contributed by atoms with van der Waals surface area (Å²) in [4.78, 5) is 4.09. The lowest BCUT2D eigenvalue weighted by atomic mass is 10.1. The van der Waals surface area contributed by atoms with Crippen LogP contribution in [0.5, 0.6) is 5.75 Å². The van der Waals surface area contributed by atoms with Crippen molar-refractivity contribution < 1.29 is 13.5 Å². The standard InChI is InChI=1S/C11H10F2N2O/c1-14-10-8-3-2-4-9(16-11(12)13)7(8)5-6-15-10/h2-6,11H,1H3,(H,14,15). The minimum Gasteiger partial charge on any atom is -0.434 e. The van der Waals surface area contributed by atoms with E-state index in [0.717, 1.165) is 5.39 Å². The van der Waals surface area contributed by atoms with Crippen molar-refractivity contribution in [3.8, 4) is 5.75 Å². The van der Waals surface area contributed by atoms with Crippen LogP contribution < -0.4 is 10.1 Å². The number of hydrogen-bond donors (Lipinski definition) is 1. The number of rotatable bonds is 3. The Balaban J connectivity index is 2.59. The van der Waals surface area contributed by atoms with Crippen LogP contribution in [0, 0.1) is 0 Å². The molecule has 84 valence electrons. The SMILES string of the molecule is CNc1nccc2c(OC(F)F)cccc12. The minimum atomic E-state index is -2.82. The number of aromatic nitrogens is 1. The average Bonchev–Trinajstić information content (AvgIpc) is 2.28. The third-order valence-corrected chi connectivity index (χ3v) is 2.22. The van der Waals surface area contributed by atoms with Crippen LogP contribution in [0.3, 0.4) is 0 Å². The lowest BCUT2D eigenvalue weighted by molar-refractivity contribution is -0.0487. The smallest absolute Gasteiger partial charge is 0.387 e. The molecule has 0 bridgehead atoms. The molecule has 1 heterocycles. The highest BCUT2D eigenvalue weighted by atomic mass is 19.3. The molecule has 0 atom stereocenters. The van der Waals surface area contributed by atoms with E-state index in [9.17, 15) is 8.78 Å². The van der Waals surface area contributed by atoms with Crippen molar-refractivity contribution >= 4 is 16.6 Å². The molecule has 0 radical (unpaired) electrons. The highest BCUT2D eigenvalue weighted by molar-refractivity contribution is 5.95. The van der Waals surface area contributed by atoms with E-state index in [4.69, 9.17) is 0 Å². The molecule has 2 rings (SSSR count). The zero-order valence-electron chi connectivity index (χ0n) is 8.58. The number of anilines is 1. The molecule has 1 N–H and O–H groups in total. The first kappa shape index (κ1) is 10.6. The predicted molar refractivity (Wildman–Crippen MR) is 57.9 cm³/mol. The molecule has 1 aromatic heterocycles. The minimum absolute atomic E-state index is 0.159. The molecule has 1 aromatic carbocycles. The lowest BCUT2D eigenvalue weighted by Crippen LogP contribution is -2.02. The van der Waals surface area contributed by atoms with Crippen LogP contribution in [0.25, 0.3) is 10.8 Å². The molecule has 0 unspecified atom stereocenters. The zero-order valence-corrected chi connectivity index (χ0v) is 8.58. The summed E-state index contributed by atoms with van der Waals surface area (Å²) >= 11 is 0. The molecule has 0 amide bonds. The molecule has 0 saturated heterocycles. The van der Waals surface area contributed by atoms with Crippen molar-refractivity contribution in [3.63, 3.8) is 0 Å². The fourth-order valence-electron chi connectivity index (χ4n) is 1.58. The number of pyridine rings is 1. The van der Waals surface area contributed by atoms with Gasteiger partial charge in [-0.25, -0.2) is 4.98 Å². The van der Waals surface area contributed by atoms with Gasteiger partial charge in [0.15, 0.2) is 0 Å². The van der Waals surface area contributed by atoms with Crippen molar-refractivity contribution in [3.05, 3.63) is 30.5 Å². The van der Waals surface area contributed by atoms with Gasteiger partial charge in [0.1, 0.15) is 11.6 Å². The van der Waals surface area contributed by atoms with Crippen molar-refractivity contribution in [2.24, 2.45) is 0 Å². The Labute approximate surface area is 91.1 Å². The van der Waals surface area contributed by atoms with Gasteiger partial charge in [0, 0.05) is 24.0 Å². The number of ether oxygens (including phenoxy) is 1. The highest BCUT2D eigenvalue weighted by Crippen LogP contribution is 2.29. The number of nitrogens with one attached hydrogen (secondary N) is 1. The van der Waals surface area contributed by atoms with Crippen molar-refractivity contribution in [2.75, 3.05) is 12.4 Å². The van der Waals surface area contributed by atoms with Crippen molar-refractivity contribution in [1.82, 2.24) is 4.98 Å². The molecule has 0 fully saturated rings. The van der Waals surface area contributed by atoms with Crippen LogP contribution in [-0.2, 0) is 0 Å². The Hall–Kier alpha value is -1.91. The molecule has 2 aromatic rings. The number of hydrogen-bond acceptors (Lipinski definition) is 3. The summed E-state index contributed by atoms with van der Waals surface area (Å²) in [5, 5.41) is 4.26. The summed E-state index contributed by atoms with van der Waals surface area (Å²) in [6.07, 6.45) is 1.55. The van der Waals surface area contributed by atoms with E-state index in [1.165, 1.54) is 6.07 Å². The molecular formula is C11H10F2N2O. The van der Waals surface area contributed by atoms with Gasteiger partial charge in [-0.05, 0) is 12.1 Å². The number of halogens is 2. The number of benzene rings is 1. The summed E-state index contributed by atoms with van der Waals surface area (Å²) < 4.78 is 28.8. The van der Waals surface area contributed by atoms with E-state index >= 15 is 0 Å². The molecule has 3 nitrogen and oxygen atoms in total. The largest absolute Gasteiger partial charge is 0.434 e. The van der Waals surface area contributed by atoms with Crippen molar-refractivity contribution in [2.45, 2.75) is 6.61 Å². The number of fused-ring (bicyclic) bond motifs is 1. The van der Waals surface area contributed by atoms with E-state index in [1.807, 2.05) is 0 Å². The van der Waals surface area contributed by atoms with Crippen LogP contribution in [0.4, 0.5) is 14.6 Å². The summed E-state index contributed by atoms with van der Waals surface area (Å²) in [5.41, 5.74) is 0. The molecule has 16 heavy (non-hydrogen) atoms. The van der Waals surface area contributed by atoms with Crippen LogP contribution in [0.15, 0.2) is 30.5 Å². The first-order chi connectivity index (χ1) is 7.72. The monoisotopic (exact) mass is 224 g/mol. The topological polar surface area (TPSA) is 34.2 Å². The normalized spacial score (nSPS) is 10.8. The lowest BCUT2D eigenvalue weighted by Gasteiger charge is -2.09. The highest BCUT2D eigenvalue weighted by Gasteiger charge is 2.09. The first-order valence-corrected chi connectivity index (χ1v) is 4.72. The van der Waals surface area contributed by atoms with Gasteiger partial charge in [0.2, 0.25) is 0 Å². The second kappa shape index (κ2) is 4.30. The molecule has 0 aliphatic heterocycles. The fraction of sp³-hybridized carbons (Fsp3) is 0.182. The van der Waals surface area contributed by atoms with Crippen LogP contribution >= 0.6 is 0 Å². The third-order valence-electron chi connectivity index (χ3n) is 2.22. The van der Waals surface area contributed by atoms with Gasteiger partial charge in [-0.1, -0.05) is 12.1 Å². The Morgan fingerprint density at radius 2 is 2.06 bits per heavy atom. The summed E-state index contributed by atoms with van der Waals surface area (Å²) in [6.45, 7) is -2.82. The molecular weight excluding hydrogens is 214 g/mol. The van der Waals surface area contributed by atoms with E-state index in [-0.39, 0.29) is 5.75 Å². The second-order valence-corrected chi connectivity index (χ2v) is 3.14. The number of nitrogens with zero attached hydrogens (tertiary/aromatic N) is 1. The number of alkyl halides is 2. The maximum atomic E-state index is 12.2. The van der Waals surface area contributed by atoms with Gasteiger partial charge in [-0.15, -0.1) is 0 Å². The Bertz CT molecular complexity index is 502. The average molecular weight is 224 g/mol. The Kier molecular flexibility index (Phi) is 2.85.